The van der Waals surface area contributed by atoms with Crippen LogP contribution in [-0.4, -0.2) is 9.55 Å². The summed E-state index contributed by atoms with van der Waals surface area (Å²) in [5.41, 5.74) is 16.7. The summed E-state index contributed by atoms with van der Waals surface area (Å²) in [6.07, 6.45) is 1.91. The molecule has 1 aliphatic rings. The van der Waals surface area contributed by atoms with Crippen molar-refractivity contribution in [2.75, 3.05) is 9.80 Å². The summed E-state index contributed by atoms with van der Waals surface area (Å²) in [6, 6.07) is 72.5. The molecule has 0 spiro atoms. The van der Waals surface area contributed by atoms with Crippen molar-refractivity contribution in [3.63, 3.8) is 0 Å². The van der Waals surface area contributed by atoms with Gasteiger partial charge in [-0.1, -0.05) is 177 Å². The molecule has 0 radical (unpaired) electrons. The van der Waals surface area contributed by atoms with E-state index in [0.29, 0.717) is 11.5 Å². The molecule has 0 atom stereocenters. The van der Waals surface area contributed by atoms with Gasteiger partial charge in [0.25, 0.3) is 0 Å². The van der Waals surface area contributed by atoms with Crippen molar-refractivity contribution in [3.8, 4) is 50.7 Å². The Hall–Kier alpha value is -7.20. The fourth-order valence-corrected chi connectivity index (χ4v) is 9.74. The molecule has 2 aromatic heterocycles. The Labute approximate surface area is 440 Å². The molecule has 0 amide bonds. The van der Waals surface area contributed by atoms with Crippen molar-refractivity contribution in [3.05, 3.63) is 224 Å². The average molecular weight is 1120 g/mol. The van der Waals surface area contributed by atoms with Gasteiger partial charge in [-0.05, 0) is 109 Å². The van der Waals surface area contributed by atoms with E-state index in [4.69, 9.17) is 9.72 Å². The predicted octanol–water partition coefficient (Wildman–Crippen LogP) is 17.9. The van der Waals surface area contributed by atoms with Crippen LogP contribution < -0.4 is 14.5 Å². The van der Waals surface area contributed by atoms with Gasteiger partial charge in [-0.3, -0.25) is 0 Å². The summed E-state index contributed by atoms with van der Waals surface area (Å²) in [4.78, 5) is 9.57. The van der Waals surface area contributed by atoms with Gasteiger partial charge >= 0.3 is 0 Å². The SMILES string of the molecule is CC(C)(C)c1cc(N2[CH-]N(c3[c-]c(Oc4[c-]c5c(cc4)c4cc(-c6ccccc6)ccc4n5-c4cc(C(C)(C)C)ccn4)ccc3)c3cccc(-c4cccc(-c5ccccc5)c4)c32)cc(C(C)(C)C)c1.[Pt]. The molecule has 6 heteroatoms. The quantitative estimate of drug-likeness (QED) is 0.142. The van der Waals surface area contributed by atoms with Crippen LogP contribution in [0.2, 0.25) is 0 Å². The van der Waals surface area contributed by atoms with Gasteiger partial charge in [0.15, 0.2) is 0 Å². The van der Waals surface area contributed by atoms with Crippen LogP contribution in [0, 0.1) is 18.8 Å². The maximum absolute atomic E-state index is 6.80. The van der Waals surface area contributed by atoms with Gasteiger partial charge in [-0.15, -0.1) is 48.1 Å². The van der Waals surface area contributed by atoms with E-state index in [1.807, 2.05) is 24.4 Å². The van der Waals surface area contributed by atoms with Crippen LogP contribution in [-0.2, 0) is 37.3 Å². The standard InChI is InChI=1S/C66H59N4O.Pt/c1-64(2,3)49-33-34-67-62(40-49)70-59-32-29-47(45-21-14-11-15-22-45)36-58(59)57-31-30-55(42-61(57)70)71-54-26-17-25-52(41-54)68-43-69(53-38-50(65(4,5)6)37-51(39-53)66(7,8)9)63-56(27-18-28-60(63)68)48-24-16-23-46(35-48)44-19-12-10-13-20-44;/h10-40,43H,1-9H3;/q-3;. The third-order valence-corrected chi connectivity index (χ3v) is 13.8. The van der Waals surface area contributed by atoms with Gasteiger partial charge in [0.1, 0.15) is 5.82 Å². The first-order valence-corrected chi connectivity index (χ1v) is 24.7. The smallest absolute Gasteiger partial charge is 0.135 e. The van der Waals surface area contributed by atoms with Crippen LogP contribution in [0.1, 0.15) is 79.0 Å². The van der Waals surface area contributed by atoms with Gasteiger partial charge in [-0.2, -0.15) is 12.1 Å². The number of hydrogen-bond acceptors (Lipinski definition) is 4. The van der Waals surface area contributed by atoms with Crippen LogP contribution in [0.25, 0.3) is 61.0 Å². The van der Waals surface area contributed by atoms with E-state index in [2.05, 4.69) is 259 Å². The number of nitrogens with zero attached hydrogens (tertiary/aromatic N) is 4. The van der Waals surface area contributed by atoms with E-state index >= 15 is 0 Å². The molecule has 5 nitrogen and oxygen atoms in total. The number of benzene rings is 8. The molecular formula is C66H59N4OPt-3. The molecule has 1 aliphatic heterocycles. The molecule has 0 bridgehead atoms. The summed E-state index contributed by atoms with van der Waals surface area (Å²) in [5, 5.41) is 2.20. The minimum absolute atomic E-state index is 0. The summed E-state index contributed by atoms with van der Waals surface area (Å²) >= 11 is 0. The van der Waals surface area contributed by atoms with Crippen LogP contribution in [0.15, 0.2) is 188 Å². The fourth-order valence-electron chi connectivity index (χ4n) is 9.74. The molecule has 0 unspecified atom stereocenters. The zero-order valence-electron chi connectivity index (χ0n) is 42.5. The van der Waals surface area contributed by atoms with Crippen LogP contribution in [0.5, 0.6) is 11.5 Å². The molecular weight excluding hydrogens is 1060 g/mol. The molecule has 0 N–H and O–H groups in total. The molecule has 72 heavy (non-hydrogen) atoms. The number of pyridine rings is 1. The molecule has 0 saturated heterocycles. The minimum Gasteiger partial charge on any atom is -0.509 e. The Balaban J connectivity index is 0.00000596. The number of hydrogen-bond donors (Lipinski definition) is 0. The Morgan fingerprint density at radius 1 is 0.472 bits per heavy atom. The van der Waals surface area contributed by atoms with E-state index in [1.165, 1.54) is 33.4 Å². The number of rotatable bonds is 8. The van der Waals surface area contributed by atoms with E-state index in [1.54, 1.807) is 0 Å². The van der Waals surface area contributed by atoms with Crippen LogP contribution >= 0.6 is 0 Å². The van der Waals surface area contributed by atoms with Crippen molar-refractivity contribution < 1.29 is 25.8 Å². The topological polar surface area (TPSA) is 33.5 Å². The Morgan fingerprint density at radius 3 is 1.76 bits per heavy atom. The summed E-state index contributed by atoms with van der Waals surface area (Å²) in [7, 11) is 0. The second kappa shape index (κ2) is 18.8. The van der Waals surface area contributed by atoms with Gasteiger partial charge in [-0.25, -0.2) is 4.98 Å². The number of anilines is 4. The Kier molecular flexibility index (Phi) is 12.6. The molecule has 0 aliphatic carbocycles. The Morgan fingerprint density at radius 2 is 1.08 bits per heavy atom. The predicted molar refractivity (Wildman–Crippen MR) is 297 cm³/mol. The van der Waals surface area contributed by atoms with Crippen LogP contribution in [0.4, 0.5) is 22.7 Å². The molecule has 0 fully saturated rings. The van der Waals surface area contributed by atoms with E-state index in [0.717, 1.165) is 67.1 Å². The van der Waals surface area contributed by atoms with Crippen LogP contribution in [0.3, 0.4) is 0 Å². The molecule has 11 rings (SSSR count). The van der Waals surface area contributed by atoms with Gasteiger partial charge in [0.2, 0.25) is 0 Å². The maximum Gasteiger partial charge on any atom is 0.135 e. The third kappa shape index (κ3) is 9.28. The second-order valence-electron chi connectivity index (χ2n) is 21.9. The average Bonchev–Trinajstić information content (AvgIpc) is 3.92. The van der Waals surface area contributed by atoms with Crippen molar-refractivity contribution >= 4 is 44.6 Å². The number of ether oxygens (including phenoxy) is 1. The number of fused-ring (bicyclic) bond motifs is 4. The number of para-hydroxylation sites is 1. The summed E-state index contributed by atoms with van der Waals surface area (Å²) in [5.74, 6) is 2.02. The van der Waals surface area contributed by atoms with Gasteiger partial charge in [0.05, 0.1) is 0 Å². The van der Waals surface area contributed by atoms with E-state index < -0.39 is 0 Å². The molecule has 362 valence electrons. The first-order valence-electron chi connectivity index (χ1n) is 24.7. The van der Waals surface area contributed by atoms with Gasteiger partial charge < -0.3 is 19.1 Å². The van der Waals surface area contributed by atoms with Crippen molar-refractivity contribution in [2.45, 2.75) is 78.6 Å². The largest absolute Gasteiger partial charge is 0.509 e. The first-order chi connectivity index (χ1) is 34.1. The maximum atomic E-state index is 6.80. The van der Waals surface area contributed by atoms with Crippen molar-refractivity contribution in [2.24, 2.45) is 0 Å². The van der Waals surface area contributed by atoms with E-state index in [9.17, 15) is 0 Å². The van der Waals surface area contributed by atoms with Crippen molar-refractivity contribution in [1.82, 2.24) is 9.55 Å². The molecule has 3 heterocycles. The molecule has 0 saturated carbocycles. The third-order valence-electron chi connectivity index (χ3n) is 13.8. The zero-order chi connectivity index (χ0) is 49.2. The van der Waals surface area contributed by atoms with E-state index in [-0.39, 0.29) is 37.3 Å². The fraction of sp³-hybridized carbons (Fsp3) is 0.182. The molecule has 8 aromatic carbocycles. The Bertz CT molecular complexity index is 3580. The summed E-state index contributed by atoms with van der Waals surface area (Å²) in [6.45, 7) is 22.7. The zero-order valence-corrected chi connectivity index (χ0v) is 44.8. The molecule has 10 aromatic rings. The minimum atomic E-state index is -0.0618. The van der Waals surface area contributed by atoms with Crippen molar-refractivity contribution in [1.29, 1.82) is 0 Å². The van der Waals surface area contributed by atoms with Gasteiger partial charge in [0, 0.05) is 66.9 Å². The summed E-state index contributed by atoms with van der Waals surface area (Å²) < 4.78 is 9.02. The normalized spacial score (nSPS) is 12.8. The monoisotopic (exact) mass is 1120 g/mol. The second-order valence-corrected chi connectivity index (χ2v) is 21.9. The first kappa shape index (κ1) is 48.4. The number of aromatic nitrogens is 2.